The van der Waals surface area contributed by atoms with Crippen LogP contribution >= 0.6 is 11.3 Å². The third kappa shape index (κ3) is 4.30. The van der Waals surface area contributed by atoms with Gasteiger partial charge in [0.05, 0.1) is 24.6 Å². The van der Waals surface area contributed by atoms with Crippen molar-refractivity contribution in [2.45, 2.75) is 19.3 Å². The molecule has 0 saturated carbocycles. The Morgan fingerprint density at radius 2 is 1.96 bits per heavy atom. The highest BCUT2D eigenvalue weighted by Gasteiger charge is 2.31. The predicted molar refractivity (Wildman–Crippen MR) is 88.0 cm³/mol. The number of furan rings is 1. The Hall–Kier alpha value is -2.54. The van der Waals surface area contributed by atoms with Crippen LogP contribution in [0.15, 0.2) is 64.8 Å². The van der Waals surface area contributed by atoms with Crippen molar-refractivity contribution in [3.8, 4) is 0 Å². The number of benzene rings is 1. The van der Waals surface area contributed by atoms with Gasteiger partial charge in [0.2, 0.25) is 0 Å². The van der Waals surface area contributed by atoms with Crippen LogP contribution in [0.4, 0.5) is 13.2 Å². The monoisotopic (exact) mass is 365 g/mol. The van der Waals surface area contributed by atoms with Crippen LogP contribution in [0.25, 0.3) is 0 Å². The summed E-state index contributed by atoms with van der Waals surface area (Å²) in [5.74, 6) is -0.458. The fraction of sp³-hybridized carbons (Fsp3) is 0.167. The molecule has 0 aliphatic rings. The summed E-state index contributed by atoms with van der Waals surface area (Å²) in [4.78, 5) is 15.3. The van der Waals surface area contributed by atoms with Crippen LogP contribution < -0.4 is 0 Å². The van der Waals surface area contributed by atoms with Gasteiger partial charge < -0.3 is 9.32 Å². The molecule has 25 heavy (non-hydrogen) atoms. The second-order valence-electron chi connectivity index (χ2n) is 5.45. The zero-order chi connectivity index (χ0) is 17.9. The Labute approximate surface area is 146 Å². The van der Waals surface area contributed by atoms with Gasteiger partial charge in [-0.05, 0) is 35.7 Å². The van der Waals surface area contributed by atoms with E-state index in [9.17, 15) is 18.0 Å². The lowest BCUT2D eigenvalue weighted by atomic mass is 10.1. The molecule has 2 heterocycles. The second-order valence-corrected chi connectivity index (χ2v) is 6.48. The maximum atomic E-state index is 12.9. The van der Waals surface area contributed by atoms with Crippen molar-refractivity contribution in [3.05, 3.63) is 81.9 Å². The van der Waals surface area contributed by atoms with Gasteiger partial charge in [0, 0.05) is 22.5 Å². The lowest BCUT2D eigenvalue weighted by molar-refractivity contribution is -0.137. The van der Waals surface area contributed by atoms with E-state index in [1.165, 1.54) is 40.9 Å². The zero-order valence-electron chi connectivity index (χ0n) is 13.0. The number of hydrogen-bond acceptors (Lipinski definition) is 3. The van der Waals surface area contributed by atoms with Crippen molar-refractivity contribution in [3.63, 3.8) is 0 Å². The highest BCUT2D eigenvalue weighted by molar-refractivity contribution is 7.09. The van der Waals surface area contributed by atoms with Gasteiger partial charge in [0.25, 0.3) is 5.91 Å². The van der Waals surface area contributed by atoms with E-state index in [1.54, 1.807) is 6.07 Å². The fourth-order valence-corrected chi connectivity index (χ4v) is 3.12. The minimum atomic E-state index is -4.49. The number of amides is 1. The van der Waals surface area contributed by atoms with Crippen LogP contribution in [-0.2, 0) is 19.3 Å². The minimum Gasteiger partial charge on any atom is -0.472 e. The Balaban J connectivity index is 1.88. The molecule has 0 unspecified atom stereocenters. The van der Waals surface area contributed by atoms with Gasteiger partial charge in [0.15, 0.2) is 0 Å². The van der Waals surface area contributed by atoms with E-state index in [2.05, 4.69) is 0 Å². The average Bonchev–Trinajstić information content (AvgIpc) is 3.27. The zero-order valence-corrected chi connectivity index (χ0v) is 13.8. The maximum Gasteiger partial charge on any atom is 0.416 e. The summed E-state index contributed by atoms with van der Waals surface area (Å²) in [6.45, 7) is 0.571. The molecular weight excluding hydrogens is 351 g/mol. The largest absolute Gasteiger partial charge is 0.472 e. The summed E-state index contributed by atoms with van der Waals surface area (Å²) in [7, 11) is 0. The van der Waals surface area contributed by atoms with Crippen molar-refractivity contribution in [2.24, 2.45) is 0 Å². The normalized spacial score (nSPS) is 11.5. The summed E-state index contributed by atoms with van der Waals surface area (Å²) < 4.78 is 43.7. The maximum absolute atomic E-state index is 12.9. The van der Waals surface area contributed by atoms with E-state index < -0.39 is 17.6 Å². The minimum absolute atomic E-state index is 0.00914. The molecule has 0 aliphatic heterocycles. The number of thiophene rings is 1. The van der Waals surface area contributed by atoms with Gasteiger partial charge in [-0.1, -0.05) is 12.1 Å². The highest BCUT2D eigenvalue weighted by Crippen LogP contribution is 2.30. The topological polar surface area (TPSA) is 33.5 Å². The highest BCUT2D eigenvalue weighted by atomic mass is 32.1. The van der Waals surface area contributed by atoms with Gasteiger partial charge >= 0.3 is 6.18 Å². The van der Waals surface area contributed by atoms with Crippen LogP contribution in [0.2, 0.25) is 0 Å². The van der Waals surface area contributed by atoms with E-state index in [0.29, 0.717) is 6.54 Å². The Bertz CT molecular complexity index is 790. The number of carbonyl (C=O) groups is 1. The number of halogens is 3. The van der Waals surface area contributed by atoms with Crippen molar-refractivity contribution in [2.75, 3.05) is 0 Å². The molecule has 0 fully saturated rings. The molecule has 1 aromatic carbocycles. The summed E-state index contributed by atoms with van der Waals surface area (Å²) in [5, 5.41) is 1.89. The molecule has 0 N–H and O–H groups in total. The van der Waals surface area contributed by atoms with E-state index in [0.717, 1.165) is 22.6 Å². The van der Waals surface area contributed by atoms with Crippen molar-refractivity contribution in [1.29, 1.82) is 0 Å². The molecule has 3 nitrogen and oxygen atoms in total. The van der Waals surface area contributed by atoms with Crippen LogP contribution in [0.1, 0.15) is 26.4 Å². The van der Waals surface area contributed by atoms with Gasteiger partial charge in [0.1, 0.15) is 0 Å². The number of alkyl halides is 3. The first-order valence-corrected chi connectivity index (χ1v) is 8.31. The first kappa shape index (κ1) is 17.3. The standard InChI is InChI=1S/C18H14F3NO2S/c19-18(20,21)15-4-1-3-14(9-15)17(23)22(10-13-6-7-24-12-13)11-16-5-2-8-25-16/h1-9,12H,10-11H2. The summed E-state index contributed by atoms with van der Waals surface area (Å²) in [5.41, 5.74) is -0.0514. The van der Waals surface area contributed by atoms with Crippen LogP contribution in [0.3, 0.4) is 0 Å². The van der Waals surface area contributed by atoms with Crippen LogP contribution in [0, 0.1) is 0 Å². The molecule has 0 bridgehead atoms. The van der Waals surface area contributed by atoms with Gasteiger partial charge in [-0.3, -0.25) is 4.79 Å². The molecule has 0 radical (unpaired) electrons. The van der Waals surface area contributed by atoms with Crippen molar-refractivity contribution in [1.82, 2.24) is 4.90 Å². The molecule has 2 aromatic heterocycles. The third-order valence-electron chi connectivity index (χ3n) is 3.60. The Morgan fingerprint density at radius 3 is 2.60 bits per heavy atom. The Morgan fingerprint density at radius 1 is 1.12 bits per heavy atom. The molecule has 0 atom stereocenters. The molecule has 1 amide bonds. The molecular formula is C18H14F3NO2S. The molecule has 7 heteroatoms. The SMILES string of the molecule is O=C(c1cccc(C(F)(F)F)c1)N(Cc1ccoc1)Cc1cccs1. The third-order valence-corrected chi connectivity index (χ3v) is 4.47. The second kappa shape index (κ2) is 7.14. The van der Waals surface area contributed by atoms with Gasteiger partial charge in [-0.15, -0.1) is 11.3 Å². The van der Waals surface area contributed by atoms with Crippen molar-refractivity contribution < 1.29 is 22.4 Å². The van der Waals surface area contributed by atoms with E-state index in [-0.39, 0.29) is 12.1 Å². The molecule has 130 valence electrons. The predicted octanol–water partition coefficient (Wildman–Crippen LogP) is 5.20. The first-order chi connectivity index (χ1) is 11.9. The smallest absolute Gasteiger partial charge is 0.416 e. The number of hydrogen-bond donors (Lipinski definition) is 0. The van der Waals surface area contributed by atoms with Crippen LogP contribution in [-0.4, -0.2) is 10.8 Å². The molecule has 0 saturated heterocycles. The molecule has 3 aromatic rings. The fourth-order valence-electron chi connectivity index (χ4n) is 2.40. The number of rotatable bonds is 5. The molecule has 0 aliphatic carbocycles. The van der Waals surface area contributed by atoms with Gasteiger partial charge in [-0.25, -0.2) is 0 Å². The first-order valence-electron chi connectivity index (χ1n) is 7.43. The average molecular weight is 365 g/mol. The van der Waals surface area contributed by atoms with E-state index >= 15 is 0 Å². The Kier molecular flexibility index (Phi) is 4.94. The molecule has 0 spiro atoms. The van der Waals surface area contributed by atoms with E-state index in [1.807, 2.05) is 17.5 Å². The lowest BCUT2D eigenvalue weighted by Gasteiger charge is -2.22. The summed E-state index contributed by atoms with van der Waals surface area (Å²) >= 11 is 1.49. The summed E-state index contributed by atoms with van der Waals surface area (Å²) in [6, 6.07) is 9.96. The number of nitrogens with zero attached hydrogens (tertiary/aromatic N) is 1. The number of carbonyl (C=O) groups excluding carboxylic acids is 1. The molecule has 3 rings (SSSR count). The quantitative estimate of drug-likeness (QED) is 0.622. The summed E-state index contributed by atoms with van der Waals surface area (Å²) in [6.07, 6.45) is -1.48. The van der Waals surface area contributed by atoms with Crippen molar-refractivity contribution >= 4 is 17.2 Å². The lowest BCUT2D eigenvalue weighted by Crippen LogP contribution is -2.30. The van der Waals surface area contributed by atoms with E-state index in [4.69, 9.17) is 4.42 Å². The van der Waals surface area contributed by atoms with Crippen LogP contribution in [0.5, 0.6) is 0 Å². The van der Waals surface area contributed by atoms with Gasteiger partial charge in [-0.2, -0.15) is 13.2 Å².